The molecule has 3 heterocycles. The molecule has 3 aromatic rings. The number of phenolic OH excluding ortho intramolecular Hbond substituents is 1. The lowest BCUT2D eigenvalue weighted by atomic mass is 9.98. The Morgan fingerprint density at radius 1 is 1.03 bits per heavy atom. The molecule has 3 aromatic carbocycles. The summed E-state index contributed by atoms with van der Waals surface area (Å²) in [6.45, 7) is 0.881. The maximum absolute atomic E-state index is 14.9. The van der Waals surface area contributed by atoms with E-state index in [1.54, 1.807) is 29.2 Å². The van der Waals surface area contributed by atoms with Gasteiger partial charge in [0, 0.05) is 30.3 Å². The van der Waals surface area contributed by atoms with Crippen molar-refractivity contribution in [3.63, 3.8) is 0 Å². The molecule has 3 aliphatic heterocycles. The third-order valence-electron chi connectivity index (χ3n) is 6.38. The van der Waals surface area contributed by atoms with Crippen LogP contribution < -0.4 is 4.72 Å². The predicted molar refractivity (Wildman–Crippen MR) is 129 cm³/mol. The van der Waals surface area contributed by atoms with Crippen molar-refractivity contribution in [1.29, 1.82) is 0 Å². The van der Waals surface area contributed by atoms with E-state index in [1.807, 2.05) is 0 Å². The number of ether oxygens (including phenoxy) is 1. The molecule has 2 N–H and O–H groups in total. The highest BCUT2D eigenvalue weighted by atomic mass is 35.5. The Bertz CT molecular complexity index is 1470. The molecule has 7 nitrogen and oxygen atoms in total. The zero-order chi connectivity index (χ0) is 25.6. The highest BCUT2D eigenvalue weighted by Crippen LogP contribution is 2.36. The molecule has 0 aromatic heterocycles. The summed E-state index contributed by atoms with van der Waals surface area (Å²) >= 11 is 6.06. The Labute approximate surface area is 211 Å². The van der Waals surface area contributed by atoms with Crippen molar-refractivity contribution in [3.8, 4) is 16.9 Å². The van der Waals surface area contributed by atoms with Gasteiger partial charge in [-0.2, -0.15) is 0 Å². The highest BCUT2D eigenvalue weighted by Gasteiger charge is 2.29. The fourth-order valence-corrected chi connectivity index (χ4v) is 5.94. The number of piperidine rings is 1. The second-order valence-electron chi connectivity index (χ2n) is 8.68. The standard InChI is InChI=1S/C25H21ClF2N2O5S/c26-19-9-15-10-23(24(19)31)36(33,34)29-22-11-18(20(27)12-21(22)28)17-4-2-1-3-14(17)13-35-16-5-7-30(8-6-16)25(15)32/h1-4,9-12,16,29,31H,5-8,13H2. The van der Waals surface area contributed by atoms with Gasteiger partial charge in [0.05, 0.1) is 23.4 Å². The zero-order valence-electron chi connectivity index (χ0n) is 18.8. The van der Waals surface area contributed by atoms with Crippen molar-refractivity contribution in [3.05, 3.63) is 76.3 Å². The normalized spacial score (nSPS) is 17.9. The second kappa shape index (κ2) is 9.34. The number of fused-ring (bicyclic) bond motifs is 4. The topological polar surface area (TPSA) is 95.9 Å². The first-order valence-electron chi connectivity index (χ1n) is 11.2. The highest BCUT2D eigenvalue weighted by molar-refractivity contribution is 7.92. The molecule has 0 atom stereocenters. The Morgan fingerprint density at radius 2 is 1.75 bits per heavy atom. The summed E-state index contributed by atoms with van der Waals surface area (Å²) in [4.78, 5) is 14.0. The van der Waals surface area contributed by atoms with Gasteiger partial charge in [0.15, 0.2) is 5.75 Å². The van der Waals surface area contributed by atoms with Crippen LogP contribution in [0.15, 0.2) is 53.4 Å². The van der Waals surface area contributed by atoms with E-state index in [1.165, 1.54) is 6.07 Å². The van der Waals surface area contributed by atoms with E-state index in [9.17, 15) is 27.1 Å². The third kappa shape index (κ3) is 4.52. The quantitative estimate of drug-likeness (QED) is 0.426. The molecule has 0 saturated carbocycles. The number of hydrogen-bond acceptors (Lipinski definition) is 5. The van der Waals surface area contributed by atoms with Crippen LogP contribution in [0.2, 0.25) is 5.02 Å². The maximum atomic E-state index is 14.9. The minimum absolute atomic E-state index is 0.0291. The molecule has 11 heteroatoms. The molecular formula is C25H21ClF2N2O5S. The fourth-order valence-electron chi connectivity index (χ4n) is 4.46. The van der Waals surface area contributed by atoms with Gasteiger partial charge in [-0.25, -0.2) is 17.2 Å². The number of aromatic hydroxyl groups is 1. The number of halogens is 3. The molecule has 1 fully saturated rings. The Hall–Kier alpha value is -3.21. The molecular weight excluding hydrogens is 514 g/mol. The van der Waals surface area contributed by atoms with Gasteiger partial charge in [0.1, 0.15) is 16.5 Å². The molecule has 0 spiro atoms. The lowest BCUT2D eigenvalue weighted by Gasteiger charge is -2.32. The first-order chi connectivity index (χ1) is 17.1. The van der Waals surface area contributed by atoms with Crippen LogP contribution in [0.25, 0.3) is 11.1 Å². The van der Waals surface area contributed by atoms with E-state index >= 15 is 0 Å². The fraction of sp³-hybridized carbons (Fsp3) is 0.240. The summed E-state index contributed by atoms with van der Waals surface area (Å²) in [5.74, 6) is -3.29. The maximum Gasteiger partial charge on any atom is 0.265 e. The Kier molecular flexibility index (Phi) is 6.36. The number of benzene rings is 3. The van der Waals surface area contributed by atoms with Gasteiger partial charge >= 0.3 is 0 Å². The van der Waals surface area contributed by atoms with E-state index in [0.29, 0.717) is 43.1 Å². The molecule has 1 saturated heterocycles. The number of amides is 1. The van der Waals surface area contributed by atoms with E-state index in [-0.39, 0.29) is 28.9 Å². The van der Waals surface area contributed by atoms with Gasteiger partial charge in [0.25, 0.3) is 15.9 Å². The van der Waals surface area contributed by atoms with Crippen LogP contribution in [-0.4, -0.2) is 43.5 Å². The minimum Gasteiger partial charge on any atom is -0.505 e. The number of rotatable bonds is 0. The van der Waals surface area contributed by atoms with E-state index < -0.39 is 43.9 Å². The smallest absolute Gasteiger partial charge is 0.265 e. The minimum atomic E-state index is -4.64. The van der Waals surface area contributed by atoms with Crippen molar-refractivity contribution < 1.29 is 31.8 Å². The van der Waals surface area contributed by atoms with Crippen molar-refractivity contribution in [2.24, 2.45) is 0 Å². The zero-order valence-corrected chi connectivity index (χ0v) is 20.4. The lowest BCUT2D eigenvalue weighted by Crippen LogP contribution is -2.41. The molecule has 6 bridgehead atoms. The molecule has 188 valence electrons. The van der Waals surface area contributed by atoms with Gasteiger partial charge in [-0.3, -0.25) is 9.52 Å². The Morgan fingerprint density at radius 3 is 2.50 bits per heavy atom. The van der Waals surface area contributed by atoms with E-state index in [4.69, 9.17) is 16.3 Å². The molecule has 0 aliphatic carbocycles. The van der Waals surface area contributed by atoms with Crippen molar-refractivity contribution in [2.75, 3.05) is 17.8 Å². The van der Waals surface area contributed by atoms with Gasteiger partial charge in [-0.05, 0) is 42.2 Å². The van der Waals surface area contributed by atoms with Crippen LogP contribution in [0.3, 0.4) is 0 Å². The van der Waals surface area contributed by atoms with E-state index in [0.717, 1.165) is 12.1 Å². The monoisotopic (exact) mass is 534 g/mol. The number of carbonyl (C=O) groups is 1. The van der Waals surface area contributed by atoms with Crippen LogP contribution in [0.1, 0.15) is 28.8 Å². The molecule has 6 rings (SSSR count). The van der Waals surface area contributed by atoms with Crippen LogP contribution in [-0.2, 0) is 21.4 Å². The summed E-state index contributed by atoms with van der Waals surface area (Å²) in [7, 11) is -4.64. The molecule has 36 heavy (non-hydrogen) atoms. The summed E-state index contributed by atoms with van der Waals surface area (Å²) in [6.07, 6.45) is 0.940. The number of carbonyl (C=O) groups excluding carboxylic acids is 1. The van der Waals surface area contributed by atoms with Gasteiger partial charge < -0.3 is 14.7 Å². The first-order valence-corrected chi connectivity index (χ1v) is 13.0. The Balaban J connectivity index is 1.69. The van der Waals surface area contributed by atoms with Crippen LogP contribution >= 0.6 is 11.6 Å². The molecule has 0 unspecified atom stereocenters. The average Bonchev–Trinajstić information content (AvgIpc) is 2.85. The predicted octanol–water partition coefficient (Wildman–Crippen LogP) is 4.93. The van der Waals surface area contributed by atoms with Crippen molar-refractivity contribution in [1.82, 2.24) is 4.90 Å². The van der Waals surface area contributed by atoms with Crippen LogP contribution in [0.4, 0.5) is 14.5 Å². The van der Waals surface area contributed by atoms with Gasteiger partial charge in [-0.1, -0.05) is 35.9 Å². The molecule has 1 amide bonds. The number of sulfonamides is 1. The van der Waals surface area contributed by atoms with Crippen LogP contribution in [0, 0.1) is 11.6 Å². The SMILES string of the molecule is O=C1c2cc(Cl)c(O)c(c2)S(=O)(=O)Nc2cc(c(F)cc2F)-c2ccccc2COC2CCN1CC2. The second-order valence-corrected chi connectivity index (χ2v) is 10.7. The summed E-state index contributed by atoms with van der Waals surface area (Å²) in [5, 5.41) is 10.1. The average molecular weight is 535 g/mol. The summed E-state index contributed by atoms with van der Waals surface area (Å²) in [6, 6.07) is 10.6. The first kappa shape index (κ1) is 24.5. The number of anilines is 1. The summed E-state index contributed by atoms with van der Waals surface area (Å²) in [5.41, 5.74) is 0.437. The largest absolute Gasteiger partial charge is 0.505 e. The third-order valence-corrected chi connectivity index (χ3v) is 8.04. The number of nitrogens with zero attached hydrogens (tertiary/aromatic N) is 1. The molecule has 0 radical (unpaired) electrons. The number of nitrogens with one attached hydrogen (secondary N) is 1. The van der Waals surface area contributed by atoms with E-state index in [2.05, 4.69) is 4.72 Å². The van der Waals surface area contributed by atoms with Crippen LogP contribution in [0.5, 0.6) is 5.75 Å². The van der Waals surface area contributed by atoms with Gasteiger partial charge in [-0.15, -0.1) is 0 Å². The lowest BCUT2D eigenvalue weighted by molar-refractivity contribution is -0.000225. The summed E-state index contributed by atoms with van der Waals surface area (Å²) < 4.78 is 64.2. The van der Waals surface area contributed by atoms with Crippen molar-refractivity contribution >= 4 is 33.2 Å². The number of hydrogen-bond donors (Lipinski definition) is 2. The van der Waals surface area contributed by atoms with Gasteiger partial charge in [0.2, 0.25) is 0 Å². The molecule has 3 aliphatic rings. The van der Waals surface area contributed by atoms with Crippen molar-refractivity contribution in [2.45, 2.75) is 30.4 Å². The number of phenols is 1.